The zero-order chi connectivity index (χ0) is 12.0. The maximum Gasteiger partial charge on any atom is 0.306 e. The molecule has 4 heteroatoms. The normalized spacial score (nSPS) is 24.1. The van der Waals surface area contributed by atoms with Gasteiger partial charge in [-0.05, 0) is 12.3 Å². The molecule has 0 radical (unpaired) electrons. The molecule has 0 aromatic heterocycles. The Morgan fingerprint density at radius 1 is 1.56 bits per heavy atom. The van der Waals surface area contributed by atoms with Crippen LogP contribution in [0, 0.1) is 11.8 Å². The van der Waals surface area contributed by atoms with Gasteiger partial charge in [0.25, 0.3) is 0 Å². The Balaban J connectivity index is 2.46. The molecule has 1 aliphatic carbocycles. The number of hydrogen-bond donors (Lipinski definition) is 0. The molecule has 0 aliphatic heterocycles. The Kier molecular flexibility index (Phi) is 4.89. The minimum Gasteiger partial charge on any atom is -0.461 e. The van der Waals surface area contributed by atoms with Crippen molar-refractivity contribution in [3.05, 3.63) is 12.7 Å². The lowest BCUT2D eigenvalue weighted by Gasteiger charge is -2.14. The summed E-state index contributed by atoms with van der Waals surface area (Å²) in [7, 11) is 0. The zero-order valence-corrected chi connectivity index (χ0v) is 9.19. The van der Waals surface area contributed by atoms with Crippen LogP contribution in [0.1, 0.15) is 25.7 Å². The van der Waals surface area contributed by atoms with Crippen LogP contribution in [-0.2, 0) is 19.1 Å². The number of Topliss-reactive ketones (excluding diaryl/α,β-unsaturated/α-hetero) is 1. The highest BCUT2D eigenvalue weighted by atomic mass is 16.5. The molecule has 0 aromatic carbocycles. The lowest BCUT2D eigenvalue weighted by molar-refractivity contribution is -0.144. The van der Waals surface area contributed by atoms with Crippen LogP contribution in [0.4, 0.5) is 0 Å². The molecule has 16 heavy (non-hydrogen) atoms. The highest BCUT2D eigenvalue weighted by Gasteiger charge is 2.35. The van der Waals surface area contributed by atoms with Gasteiger partial charge < -0.3 is 9.53 Å². The molecule has 2 unspecified atom stereocenters. The quantitative estimate of drug-likeness (QED) is 0.387. The first-order chi connectivity index (χ1) is 7.69. The average Bonchev–Trinajstić information content (AvgIpc) is 2.59. The molecule has 0 saturated heterocycles. The van der Waals surface area contributed by atoms with Gasteiger partial charge in [-0.25, -0.2) is 0 Å². The fourth-order valence-electron chi connectivity index (χ4n) is 2.07. The van der Waals surface area contributed by atoms with Gasteiger partial charge in [-0.15, -0.1) is 0 Å². The molecule has 4 nitrogen and oxygen atoms in total. The minimum atomic E-state index is -0.324. The molecule has 0 aromatic rings. The molecule has 1 fully saturated rings. The summed E-state index contributed by atoms with van der Waals surface area (Å²) in [5, 5.41) is 0. The number of hydrogen-bond acceptors (Lipinski definition) is 4. The lowest BCUT2D eigenvalue weighted by atomic mass is 9.90. The Morgan fingerprint density at radius 2 is 2.31 bits per heavy atom. The molecular formula is C12H16O4. The van der Waals surface area contributed by atoms with Crippen molar-refractivity contribution in [2.45, 2.75) is 25.7 Å². The van der Waals surface area contributed by atoms with E-state index in [9.17, 15) is 14.4 Å². The van der Waals surface area contributed by atoms with Crippen molar-refractivity contribution in [3.8, 4) is 0 Å². The number of carbonyl (C=O) groups is 3. The number of rotatable bonds is 6. The monoisotopic (exact) mass is 224 g/mol. The van der Waals surface area contributed by atoms with Gasteiger partial charge in [-0.3, -0.25) is 9.59 Å². The summed E-state index contributed by atoms with van der Waals surface area (Å²) in [6, 6.07) is 0. The van der Waals surface area contributed by atoms with Crippen LogP contribution >= 0.6 is 0 Å². The van der Waals surface area contributed by atoms with Crippen molar-refractivity contribution >= 4 is 18.0 Å². The molecule has 0 N–H and O–H groups in total. The largest absolute Gasteiger partial charge is 0.461 e. The molecule has 0 spiro atoms. The fraction of sp³-hybridized carbons (Fsp3) is 0.583. The standard InChI is InChI=1S/C12H16O4/c1-2-7-16-12(15)8-9-3-4-11(14)10(9)5-6-13/h2,6,9-10H,1,3-5,7-8H2. The first-order valence-electron chi connectivity index (χ1n) is 5.42. The summed E-state index contributed by atoms with van der Waals surface area (Å²) in [5.74, 6) is -0.548. The fourth-order valence-corrected chi connectivity index (χ4v) is 2.07. The third-order valence-electron chi connectivity index (χ3n) is 2.89. The second-order valence-electron chi connectivity index (χ2n) is 3.95. The first-order valence-corrected chi connectivity index (χ1v) is 5.42. The third kappa shape index (κ3) is 3.29. The van der Waals surface area contributed by atoms with Crippen molar-refractivity contribution in [2.75, 3.05) is 6.61 Å². The Hall–Kier alpha value is -1.45. The summed E-state index contributed by atoms with van der Waals surface area (Å²) < 4.78 is 4.86. The number of ketones is 1. The van der Waals surface area contributed by atoms with Gasteiger partial charge in [0.15, 0.2) is 0 Å². The van der Waals surface area contributed by atoms with Gasteiger partial charge in [-0.1, -0.05) is 12.7 Å². The smallest absolute Gasteiger partial charge is 0.306 e. The predicted molar refractivity (Wildman–Crippen MR) is 57.7 cm³/mol. The van der Waals surface area contributed by atoms with E-state index in [0.717, 1.165) is 6.29 Å². The molecule has 88 valence electrons. The van der Waals surface area contributed by atoms with Gasteiger partial charge in [0, 0.05) is 25.2 Å². The van der Waals surface area contributed by atoms with Gasteiger partial charge in [-0.2, -0.15) is 0 Å². The molecule has 1 aliphatic rings. The highest BCUT2D eigenvalue weighted by molar-refractivity contribution is 5.86. The Labute approximate surface area is 94.7 Å². The third-order valence-corrected chi connectivity index (χ3v) is 2.89. The van der Waals surface area contributed by atoms with Crippen LogP contribution in [0.3, 0.4) is 0 Å². The van der Waals surface area contributed by atoms with E-state index in [4.69, 9.17) is 4.74 Å². The van der Waals surface area contributed by atoms with Crippen molar-refractivity contribution in [1.29, 1.82) is 0 Å². The second-order valence-corrected chi connectivity index (χ2v) is 3.95. The molecule has 0 heterocycles. The van der Waals surface area contributed by atoms with E-state index in [2.05, 4.69) is 6.58 Å². The van der Waals surface area contributed by atoms with E-state index in [-0.39, 0.29) is 43.0 Å². The number of esters is 1. The summed E-state index contributed by atoms with van der Waals surface area (Å²) in [6.07, 6.45) is 3.84. The summed E-state index contributed by atoms with van der Waals surface area (Å²) in [4.78, 5) is 33.2. The van der Waals surface area contributed by atoms with Crippen molar-refractivity contribution in [3.63, 3.8) is 0 Å². The van der Waals surface area contributed by atoms with Gasteiger partial charge in [0.05, 0.1) is 0 Å². The first kappa shape index (κ1) is 12.6. The topological polar surface area (TPSA) is 60.4 Å². The van der Waals surface area contributed by atoms with Crippen LogP contribution in [0.2, 0.25) is 0 Å². The van der Waals surface area contributed by atoms with Gasteiger partial charge in [0.2, 0.25) is 0 Å². The maximum atomic E-state index is 11.4. The van der Waals surface area contributed by atoms with Crippen LogP contribution in [0.5, 0.6) is 0 Å². The van der Waals surface area contributed by atoms with Crippen molar-refractivity contribution in [1.82, 2.24) is 0 Å². The van der Waals surface area contributed by atoms with Crippen LogP contribution in [0.25, 0.3) is 0 Å². The molecule has 0 bridgehead atoms. The number of carbonyl (C=O) groups excluding carboxylic acids is 3. The highest BCUT2D eigenvalue weighted by Crippen LogP contribution is 2.33. The van der Waals surface area contributed by atoms with E-state index in [0.29, 0.717) is 12.8 Å². The van der Waals surface area contributed by atoms with Crippen molar-refractivity contribution < 1.29 is 19.1 Å². The average molecular weight is 224 g/mol. The zero-order valence-electron chi connectivity index (χ0n) is 9.19. The Morgan fingerprint density at radius 3 is 2.94 bits per heavy atom. The molecule has 1 saturated carbocycles. The van der Waals surface area contributed by atoms with E-state index in [1.165, 1.54) is 6.08 Å². The number of aldehydes is 1. The SMILES string of the molecule is C=CCOC(=O)CC1CCC(=O)C1CC=O. The van der Waals surface area contributed by atoms with Crippen LogP contribution in [0.15, 0.2) is 12.7 Å². The lowest BCUT2D eigenvalue weighted by Crippen LogP contribution is -2.19. The van der Waals surface area contributed by atoms with Gasteiger partial charge in [0.1, 0.15) is 18.7 Å². The van der Waals surface area contributed by atoms with E-state index < -0.39 is 0 Å². The second kappa shape index (κ2) is 6.20. The van der Waals surface area contributed by atoms with Crippen molar-refractivity contribution in [2.24, 2.45) is 11.8 Å². The van der Waals surface area contributed by atoms with E-state index in [1.807, 2.05) is 0 Å². The number of ether oxygens (including phenoxy) is 1. The molecule has 0 amide bonds. The minimum absolute atomic E-state index is 0.0324. The van der Waals surface area contributed by atoms with Crippen LogP contribution < -0.4 is 0 Å². The molecule has 2 atom stereocenters. The molecular weight excluding hydrogens is 208 g/mol. The summed E-state index contributed by atoms with van der Waals surface area (Å²) >= 11 is 0. The maximum absolute atomic E-state index is 11.4. The summed E-state index contributed by atoms with van der Waals surface area (Å²) in [5.41, 5.74) is 0. The predicted octanol–water partition coefficient (Wildman–Crippen LogP) is 1.29. The molecule has 1 rings (SSSR count). The van der Waals surface area contributed by atoms with Crippen LogP contribution in [-0.4, -0.2) is 24.6 Å². The van der Waals surface area contributed by atoms with E-state index >= 15 is 0 Å². The van der Waals surface area contributed by atoms with Gasteiger partial charge >= 0.3 is 5.97 Å². The Bertz CT molecular complexity index is 295. The van der Waals surface area contributed by atoms with E-state index in [1.54, 1.807) is 0 Å². The summed E-state index contributed by atoms with van der Waals surface area (Å²) in [6.45, 7) is 3.64.